The minimum atomic E-state index is 0.198. The Balaban J connectivity index is 1.83. The molecular formula is C18H21BrN4O. The fraction of sp³-hybridized carbons (Fsp3) is 0.333. The van der Waals surface area contributed by atoms with E-state index in [1.807, 2.05) is 16.8 Å². The van der Waals surface area contributed by atoms with Crippen molar-refractivity contribution < 1.29 is 4.74 Å². The highest BCUT2D eigenvalue weighted by molar-refractivity contribution is 9.10. The molecular weight excluding hydrogens is 368 g/mol. The Kier molecular flexibility index (Phi) is 5.82. The number of anilines is 1. The summed E-state index contributed by atoms with van der Waals surface area (Å²) in [7, 11) is 1.74. The maximum Gasteiger partial charge on any atom is 0.153 e. The second-order valence-corrected chi connectivity index (χ2v) is 6.51. The first kappa shape index (κ1) is 16.9. The van der Waals surface area contributed by atoms with Crippen molar-refractivity contribution in [2.75, 3.05) is 19.0 Å². The molecule has 1 unspecified atom stereocenters. The van der Waals surface area contributed by atoms with Crippen molar-refractivity contribution in [1.29, 1.82) is 0 Å². The van der Waals surface area contributed by atoms with E-state index in [2.05, 4.69) is 55.6 Å². The molecule has 0 saturated heterocycles. The van der Waals surface area contributed by atoms with Crippen molar-refractivity contribution in [2.45, 2.75) is 25.3 Å². The van der Waals surface area contributed by atoms with Crippen LogP contribution in [0, 0.1) is 0 Å². The maximum absolute atomic E-state index is 5.16. The summed E-state index contributed by atoms with van der Waals surface area (Å²) in [6.07, 6.45) is 8.56. The van der Waals surface area contributed by atoms with Gasteiger partial charge >= 0.3 is 0 Å². The van der Waals surface area contributed by atoms with Crippen LogP contribution < -0.4 is 5.32 Å². The number of aromatic nitrogens is 3. The SMILES string of the molecule is COCCCCC(Nc1nccn2ncc(Br)c12)c1ccccc1. The Morgan fingerprint density at radius 3 is 2.88 bits per heavy atom. The van der Waals surface area contributed by atoms with Gasteiger partial charge in [0.25, 0.3) is 0 Å². The monoisotopic (exact) mass is 388 g/mol. The number of ether oxygens (including phenoxy) is 1. The average molecular weight is 389 g/mol. The molecule has 0 saturated carbocycles. The number of hydrogen-bond acceptors (Lipinski definition) is 4. The predicted molar refractivity (Wildman–Crippen MR) is 99.2 cm³/mol. The summed E-state index contributed by atoms with van der Waals surface area (Å²) < 4.78 is 7.92. The van der Waals surface area contributed by atoms with Gasteiger partial charge in [-0.25, -0.2) is 9.50 Å². The zero-order valence-corrected chi connectivity index (χ0v) is 15.2. The third-order valence-corrected chi connectivity index (χ3v) is 4.57. The van der Waals surface area contributed by atoms with E-state index in [-0.39, 0.29) is 6.04 Å². The van der Waals surface area contributed by atoms with E-state index in [4.69, 9.17) is 4.74 Å². The van der Waals surface area contributed by atoms with Crippen LogP contribution in [-0.4, -0.2) is 28.3 Å². The van der Waals surface area contributed by atoms with E-state index >= 15 is 0 Å². The van der Waals surface area contributed by atoms with Crippen molar-refractivity contribution >= 4 is 27.3 Å². The predicted octanol–water partition coefficient (Wildman–Crippen LogP) is 4.46. The van der Waals surface area contributed by atoms with Crippen molar-refractivity contribution in [3.63, 3.8) is 0 Å². The molecule has 0 radical (unpaired) electrons. The van der Waals surface area contributed by atoms with Gasteiger partial charge in [0, 0.05) is 26.1 Å². The van der Waals surface area contributed by atoms with E-state index < -0.39 is 0 Å². The summed E-state index contributed by atoms with van der Waals surface area (Å²) in [6.45, 7) is 0.795. The average Bonchev–Trinajstić information content (AvgIpc) is 3.00. The lowest BCUT2D eigenvalue weighted by Gasteiger charge is -2.20. The van der Waals surface area contributed by atoms with E-state index in [0.29, 0.717) is 0 Å². The third-order valence-electron chi connectivity index (χ3n) is 3.99. The fourth-order valence-corrected chi connectivity index (χ4v) is 3.24. The number of nitrogens with zero attached hydrogens (tertiary/aromatic N) is 3. The van der Waals surface area contributed by atoms with Crippen LogP contribution >= 0.6 is 15.9 Å². The Morgan fingerprint density at radius 1 is 1.25 bits per heavy atom. The molecule has 0 fully saturated rings. The largest absolute Gasteiger partial charge is 0.385 e. The van der Waals surface area contributed by atoms with Gasteiger partial charge in [0.1, 0.15) is 5.52 Å². The molecule has 2 aromatic heterocycles. The highest BCUT2D eigenvalue weighted by Crippen LogP contribution is 2.29. The first-order chi connectivity index (χ1) is 11.8. The van der Waals surface area contributed by atoms with Crippen molar-refractivity contribution in [2.24, 2.45) is 0 Å². The van der Waals surface area contributed by atoms with Crippen LogP contribution in [0.3, 0.4) is 0 Å². The van der Waals surface area contributed by atoms with Gasteiger partial charge < -0.3 is 10.1 Å². The minimum absolute atomic E-state index is 0.198. The van der Waals surface area contributed by atoms with E-state index in [0.717, 1.165) is 41.7 Å². The smallest absolute Gasteiger partial charge is 0.153 e. The first-order valence-corrected chi connectivity index (χ1v) is 8.87. The molecule has 5 nitrogen and oxygen atoms in total. The Hall–Kier alpha value is -1.92. The van der Waals surface area contributed by atoms with Gasteiger partial charge in [-0.3, -0.25) is 0 Å². The maximum atomic E-state index is 5.16. The number of rotatable bonds is 8. The van der Waals surface area contributed by atoms with Crippen LogP contribution in [-0.2, 0) is 4.74 Å². The molecule has 3 aromatic rings. The summed E-state index contributed by atoms with van der Waals surface area (Å²) in [4.78, 5) is 4.52. The number of unbranched alkanes of at least 4 members (excludes halogenated alkanes) is 1. The minimum Gasteiger partial charge on any atom is -0.385 e. The van der Waals surface area contributed by atoms with E-state index in [1.54, 1.807) is 19.5 Å². The number of benzene rings is 1. The van der Waals surface area contributed by atoms with Crippen LogP contribution in [0.15, 0.2) is 53.4 Å². The lowest BCUT2D eigenvalue weighted by Crippen LogP contribution is -2.13. The molecule has 24 heavy (non-hydrogen) atoms. The number of nitrogens with one attached hydrogen (secondary N) is 1. The van der Waals surface area contributed by atoms with Gasteiger partial charge in [-0.2, -0.15) is 5.10 Å². The molecule has 6 heteroatoms. The van der Waals surface area contributed by atoms with Gasteiger partial charge in [0.05, 0.1) is 16.7 Å². The quantitative estimate of drug-likeness (QED) is 0.578. The van der Waals surface area contributed by atoms with Crippen LogP contribution in [0.25, 0.3) is 5.52 Å². The second kappa shape index (κ2) is 8.26. The Morgan fingerprint density at radius 2 is 2.08 bits per heavy atom. The van der Waals surface area contributed by atoms with Gasteiger partial charge in [-0.05, 0) is 40.8 Å². The van der Waals surface area contributed by atoms with Gasteiger partial charge in [0.2, 0.25) is 0 Å². The summed E-state index contributed by atoms with van der Waals surface area (Å²) in [5.41, 5.74) is 2.21. The second-order valence-electron chi connectivity index (χ2n) is 5.66. The summed E-state index contributed by atoms with van der Waals surface area (Å²) in [5, 5.41) is 7.92. The molecule has 3 rings (SSSR count). The molecule has 1 aromatic carbocycles. The lowest BCUT2D eigenvalue weighted by molar-refractivity contribution is 0.191. The number of hydrogen-bond donors (Lipinski definition) is 1. The normalized spacial score (nSPS) is 12.4. The van der Waals surface area contributed by atoms with E-state index in [1.165, 1.54) is 5.56 Å². The van der Waals surface area contributed by atoms with E-state index in [9.17, 15) is 0 Å². The molecule has 0 spiro atoms. The number of fused-ring (bicyclic) bond motifs is 1. The Bertz CT molecular complexity index is 775. The van der Waals surface area contributed by atoms with Crippen LogP contribution in [0.4, 0.5) is 5.82 Å². The summed E-state index contributed by atoms with van der Waals surface area (Å²) >= 11 is 3.56. The highest BCUT2D eigenvalue weighted by atomic mass is 79.9. The molecule has 0 amide bonds. The van der Waals surface area contributed by atoms with Gasteiger partial charge in [-0.15, -0.1) is 0 Å². The molecule has 0 aliphatic carbocycles. The molecule has 1 atom stereocenters. The summed E-state index contributed by atoms with van der Waals surface area (Å²) in [5.74, 6) is 0.836. The number of methoxy groups -OCH3 is 1. The van der Waals surface area contributed by atoms with Gasteiger partial charge in [-0.1, -0.05) is 30.3 Å². The van der Waals surface area contributed by atoms with Crippen LogP contribution in [0.5, 0.6) is 0 Å². The third kappa shape index (κ3) is 3.94. The standard InChI is InChI=1S/C18H21BrN4O/c1-24-12-6-5-9-16(14-7-3-2-4-8-14)22-18-17-15(19)13-21-23(17)11-10-20-18/h2-4,7-8,10-11,13,16H,5-6,9,12H2,1H3,(H,20,22). The van der Waals surface area contributed by atoms with Gasteiger partial charge in [0.15, 0.2) is 5.82 Å². The summed E-state index contributed by atoms with van der Waals surface area (Å²) in [6, 6.07) is 10.7. The molecule has 1 N–H and O–H groups in total. The number of halogens is 1. The zero-order chi connectivity index (χ0) is 16.8. The Labute approximate surface area is 150 Å². The van der Waals surface area contributed by atoms with Crippen molar-refractivity contribution in [1.82, 2.24) is 14.6 Å². The molecule has 126 valence electrons. The highest BCUT2D eigenvalue weighted by Gasteiger charge is 2.15. The van der Waals surface area contributed by atoms with Crippen molar-refractivity contribution in [3.05, 3.63) is 59.0 Å². The molecule has 2 heterocycles. The molecule has 0 aliphatic heterocycles. The van der Waals surface area contributed by atoms with Crippen molar-refractivity contribution in [3.8, 4) is 0 Å². The first-order valence-electron chi connectivity index (χ1n) is 8.08. The van der Waals surface area contributed by atoms with Crippen LogP contribution in [0.1, 0.15) is 30.9 Å². The topological polar surface area (TPSA) is 51.5 Å². The fourth-order valence-electron chi connectivity index (χ4n) is 2.78. The zero-order valence-electron chi connectivity index (χ0n) is 13.7. The lowest BCUT2D eigenvalue weighted by atomic mass is 10.0. The molecule has 0 bridgehead atoms. The van der Waals surface area contributed by atoms with Crippen LogP contribution in [0.2, 0.25) is 0 Å². The molecule has 0 aliphatic rings.